The lowest BCUT2D eigenvalue weighted by Crippen LogP contribution is -2.33. The van der Waals surface area contributed by atoms with Crippen molar-refractivity contribution in [1.29, 1.82) is 0 Å². The zero-order chi connectivity index (χ0) is 22.1. The predicted molar refractivity (Wildman–Crippen MR) is 123 cm³/mol. The van der Waals surface area contributed by atoms with Gasteiger partial charge in [-0.3, -0.25) is 0 Å². The Bertz CT molecular complexity index is 1140. The molecule has 0 unspecified atom stereocenters. The van der Waals surface area contributed by atoms with Crippen LogP contribution >= 0.6 is 0 Å². The highest BCUT2D eigenvalue weighted by Crippen LogP contribution is 2.48. The van der Waals surface area contributed by atoms with Gasteiger partial charge in [-0.2, -0.15) is 5.10 Å². The number of hydrogen-bond donors (Lipinski definition) is 0. The van der Waals surface area contributed by atoms with Crippen LogP contribution in [-0.2, 0) is 0 Å². The molecule has 0 amide bonds. The third kappa shape index (κ3) is 3.51. The van der Waals surface area contributed by atoms with Gasteiger partial charge >= 0.3 is 0 Å². The highest BCUT2D eigenvalue weighted by molar-refractivity contribution is 6.04. The molecule has 0 radical (unpaired) electrons. The van der Waals surface area contributed by atoms with E-state index >= 15 is 0 Å². The lowest BCUT2D eigenvalue weighted by molar-refractivity contribution is -0.0190. The van der Waals surface area contributed by atoms with Crippen LogP contribution in [0.2, 0.25) is 0 Å². The molecular weight excluding hydrogens is 404 g/mol. The molecule has 0 saturated carbocycles. The van der Waals surface area contributed by atoms with E-state index in [9.17, 15) is 0 Å². The molecule has 2 heterocycles. The van der Waals surface area contributed by atoms with Gasteiger partial charge in [0.25, 0.3) is 0 Å². The first-order valence-electron chi connectivity index (χ1n) is 10.8. The van der Waals surface area contributed by atoms with Gasteiger partial charge in [-0.15, -0.1) is 0 Å². The molecule has 0 N–H and O–H groups in total. The van der Waals surface area contributed by atoms with Crippen molar-refractivity contribution in [2.24, 2.45) is 5.10 Å². The third-order valence-electron chi connectivity index (χ3n) is 5.89. The molecular formula is C26H26N2O4. The van der Waals surface area contributed by atoms with E-state index in [-0.39, 0.29) is 12.3 Å². The molecule has 2 aliphatic rings. The third-order valence-corrected chi connectivity index (χ3v) is 5.89. The van der Waals surface area contributed by atoms with Gasteiger partial charge in [-0.25, -0.2) is 5.01 Å². The molecule has 0 saturated heterocycles. The summed E-state index contributed by atoms with van der Waals surface area (Å²) in [4.78, 5) is 0. The maximum atomic E-state index is 6.44. The van der Waals surface area contributed by atoms with Crippen LogP contribution in [0.25, 0.3) is 0 Å². The molecule has 0 bridgehead atoms. The topological polar surface area (TPSA) is 52.5 Å². The van der Waals surface area contributed by atoms with E-state index in [1.165, 1.54) is 0 Å². The van der Waals surface area contributed by atoms with E-state index in [0.717, 1.165) is 51.8 Å². The Labute approximate surface area is 188 Å². The van der Waals surface area contributed by atoms with Crippen LogP contribution in [0.15, 0.2) is 71.8 Å². The molecule has 6 nitrogen and oxygen atoms in total. The number of nitrogens with zero attached hydrogens (tertiary/aromatic N) is 2. The van der Waals surface area contributed by atoms with E-state index in [4.69, 9.17) is 24.0 Å². The van der Waals surface area contributed by atoms with Crippen LogP contribution in [-0.4, -0.2) is 31.5 Å². The molecule has 0 fully saturated rings. The number of hydrogen-bond acceptors (Lipinski definition) is 6. The van der Waals surface area contributed by atoms with E-state index < -0.39 is 0 Å². The van der Waals surface area contributed by atoms with Crippen molar-refractivity contribution < 1.29 is 18.9 Å². The summed E-state index contributed by atoms with van der Waals surface area (Å²) >= 11 is 0. The number of para-hydroxylation sites is 1. The fraction of sp³-hybridized carbons (Fsp3) is 0.269. The SMILES string of the molecule is CCOc1ccc([C@H]2Oc3ccccc3[C@H]3CC(c4ccc(OC)cc4OC)=NN32)cc1. The summed E-state index contributed by atoms with van der Waals surface area (Å²) in [5, 5.41) is 7.10. The van der Waals surface area contributed by atoms with Gasteiger partial charge in [0.1, 0.15) is 23.0 Å². The van der Waals surface area contributed by atoms with Crippen LogP contribution in [0, 0.1) is 0 Å². The summed E-state index contributed by atoms with van der Waals surface area (Å²) in [7, 11) is 3.32. The first-order valence-corrected chi connectivity index (χ1v) is 10.8. The molecule has 2 atom stereocenters. The number of fused-ring (bicyclic) bond motifs is 3. The van der Waals surface area contributed by atoms with Gasteiger partial charge in [0.15, 0.2) is 0 Å². The Balaban J connectivity index is 1.55. The second-order valence-electron chi connectivity index (χ2n) is 7.72. The average molecular weight is 431 g/mol. The average Bonchev–Trinajstić information content (AvgIpc) is 3.29. The molecule has 3 aromatic rings. The van der Waals surface area contributed by atoms with Crippen LogP contribution in [0.3, 0.4) is 0 Å². The largest absolute Gasteiger partial charge is 0.497 e. The van der Waals surface area contributed by atoms with Crippen LogP contribution in [0.1, 0.15) is 42.3 Å². The van der Waals surface area contributed by atoms with Gasteiger partial charge in [0.05, 0.1) is 32.6 Å². The molecule has 32 heavy (non-hydrogen) atoms. The smallest absolute Gasteiger partial charge is 0.213 e. The van der Waals surface area contributed by atoms with E-state index in [1.54, 1.807) is 14.2 Å². The fourth-order valence-corrected chi connectivity index (χ4v) is 4.35. The lowest BCUT2D eigenvalue weighted by atomic mass is 9.95. The maximum absolute atomic E-state index is 6.44. The number of hydrazone groups is 1. The summed E-state index contributed by atoms with van der Waals surface area (Å²) in [5.41, 5.74) is 4.09. The molecule has 2 aliphatic heterocycles. The highest BCUT2D eigenvalue weighted by atomic mass is 16.5. The van der Waals surface area contributed by atoms with Crippen molar-refractivity contribution in [2.75, 3.05) is 20.8 Å². The van der Waals surface area contributed by atoms with E-state index in [2.05, 4.69) is 11.1 Å². The van der Waals surface area contributed by atoms with Gasteiger partial charge in [-0.1, -0.05) is 18.2 Å². The maximum Gasteiger partial charge on any atom is 0.213 e. The summed E-state index contributed by atoms with van der Waals surface area (Å²) in [6, 6.07) is 22.2. The summed E-state index contributed by atoms with van der Waals surface area (Å²) in [6.45, 7) is 2.62. The lowest BCUT2D eigenvalue weighted by Gasteiger charge is -2.38. The van der Waals surface area contributed by atoms with E-state index in [0.29, 0.717) is 6.61 Å². The Kier molecular flexibility index (Phi) is 5.35. The van der Waals surface area contributed by atoms with Crippen molar-refractivity contribution >= 4 is 5.71 Å². The molecule has 0 aromatic heterocycles. The number of ether oxygens (including phenoxy) is 4. The second-order valence-corrected chi connectivity index (χ2v) is 7.72. The number of benzene rings is 3. The minimum atomic E-state index is -0.327. The predicted octanol–water partition coefficient (Wildman–Crippen LogP) is 5.34. The molecule has 0 spiro atoms. The minimum Gasteiger partial charge on any atom is -0.497 e. The normalized spacial score (nSPS) is 18.8. The molecule has 5 rings (SSSR count). The van der Waals surface area contributed by atoms with Crippen LogP contribution in [0.4, 0.5) is 0 Å². The monoisotopic (exact) mass is 430 g/mol. The number of methoxy groups -OCH3 is 2. The zero-order valence-corrected chi connectivity index (χ0v) is 18.4. The standard InChI is InChI=1S/C26H26N2O4/c1-4-31-18-11-9-17(10-12-18)26-28-23(21-7-5-6-8-24(21)32-26)16-22(27-28)20-14-13-19(29-2)15-25(20)30-3/h5-15,23,26H,4,16H2,1-3H3/t23-,26-/m1/s1. The van der Waals surface area contributed by atoms with Crippen molar-refractivity contribution in [3.8, 4) is 23.0 Å². The van der Waals surface area contributed by atoms with Crippen LogP contribution in [0.5, 0.6) is 23.0 Å². The van der Waals surface area contributed by atoms with Gasteiger partial charge < -0.3 is 18.9 Å². The van der Waals surface area contributed by atoms with E-state index in [1.807, 2.05) is 67.6 Å². The van der Waals surface area contributed by atoms with Gasteiger partial charge in [0.2, 0.25) is 6.23 Å². The number of rotatable bonds is 6. The van der Waals surface area contributed by atoms with Crippen molar-refractivity contribution in [1.82, 2.24) is 5.01 Å². The Morgan fingerprint density at radius 3 is 2.50 bits per heavy atom. The molecule has 6 heteroatoms. The summed E-state index contributed by atoms with van der Waals surface area (Å²) in [6.07, 6.45) is 0.434. The zero-order valence-electron chi connectivity index (χ0n) is 18.4. The van der Waals surface area contributed by atoms with Gasteiger partial charge in [-0.05, 0) is 49.4 Å². The van der Waals surface area contributed by atoms with Crippen molar-refractivity contribution in [3.63, 3.8) is 0 Å². The Hall–Kier alpha value is -3.67. The molecule has 164 valence electrons. The Morgan fingerprint density at radius 2 is 1.75 bits per heavy atom. The first kappa shape index (κ1) is 20.2. The van der Waals surface area contributed by atoms with Crippen LogP contribution < -0.4 is 18.9 Å². The van der Waals surface area contributed by atoms with Crippen molar-refractivity contribution in [2.45, 2.75) is 25.6 Å². The first-order chi connectivity index (χ1) is 15.7. The molecule has 0 aliphatic carbocycles. The fourth-order valence-electron chi connectivity index (χ4n) is 4.35. The second kappa shape index (κ2) is 8.46. The van der Waals surface area contributed by atoms with Gasteiger partial charge in [0, 0.05) is 29.2 Å². The highest BCUT2D eigenvalue weighted by Gasteiger charge is 2.41. The van der Waals surface area contributed by atoms with Crippen molar-refractivity contribution in [3.05, 3.63) is 83.4 Å². The minimum absolute atomic E-state index is 0.0818. The molecule has 3 aromatic carbocycles. The summed E-state index contributed by atoms with van der Waals surface area (Å²) < 4.78 is 23.0. The Morgan fingerprint density at radius 1 is 0.969 bits per heavy atom. The summed E-state index contributed by atoms with van der Waals surface area (Å²) in [5.74, 6) is 3.24. The quantitative estimate of drug-likeness (QED) is 0.528.